The molecule has 9 nitrogen and oxygen atoms in total. The number of hydrogen-bond donors (Lipinski definition) is 2. The molecule has 0 bridgehead atoms. The summed E-state index contributed by atoms with van der Waals surface area (Å²) in [7, 11) is 1.26. The average Bonchev–Trinajstić information content (AvgIpc) is 3.01. The van der Waals surface area contributed by atoms with E-state index in [4.69, 9.17) is 9.47 Å². The van der Waals surface area contributed by atoms with Crippen molar-refractivity contribution in [3.8, 4) is 0 Å². The first-order chi connectivity index (χ1) is 16.6. The molecule has 0 radical (unpaired) electrons. The molecule has 0 heterocycles. The van der Waals surface area contributed by atoms with Gasteiger partial charge in [-0.15, -0.1) is 0 Å². The van der Waals surface area contributed by atoms with Gasteiger partial charge in [-0.2, -0.15) is 0 Å². The minimum absolute atomic E-state index is 0.130. The van der Waals surface area contributed by atoms with Crippen LogP contribution in [-0.2, 0) is 25.5 Å². The lowest BCUT2D eigenvalue weighted by atomic mass is 10.1. The number of hydrogen-bond acceptors (Lipinski definition) is 7. The van der Waals surface area contributed by atoms with Crippen LogP contribution in [-0.4, -0.2) is 56.4 Å². The van der Waals surface area contributed by atoms with Gasteiger partial charge in [-0.1, -0.05) is 48.5 Å². The Kier molecular flexibility index (Phi) is 10.3. The summed E-state index contributed by atoms with van der Waals surface area (Å²) in [5.41, 5.74) is 0.210. The second-order valence-corrected chi connectivity index (χ2v) is 8.84. The molecule has 2 amide bonds. The fraction of sp³-hybridized carbons (Fsp3) is 0.385. The van der Waals surface area contributed by atoms with E-state index in [-0.39, 0.29) is 37.2 Å². The first-order valence-electron chi connectivity index (χ1n) is 11.3. The van der Waals surface area contributed by atoms with Gasteiger partial charge in [0.05, 0.1) is 19.3 Å². The third kappa shape index (κ3) is 9.87. The van der Waals surface area contributed by atoms with E-state index in [1.807, 2.05) is 30.3 Å². The van der Waals surface area contributed by atoms with Crippen molar-refractivity contribution in [2.24, 2.45) is 0 Å². The fourth-order valence-corrected chi connectivity index (χ4v) is 3.27. The highest BCUT2D eigenvalue weighted by molar-refractivity contribution is 5.87. The molecule has 9 heteroatoms. The van der Waals surface area contributed by atoms with Crippen molar-refractivity contribution in [1.82, 2.24) is 10.6 Å². The highest BCUT2D eigenvalue weighted by Gasteiger charge is 2.24. The number of esters is 1. The lowest BCUT2D eigenvalue weighted by molar-refractivity contribution is -0.144. The normalized spacial score (nSPS) is 11.7. The lowest BCUT2D eigenvalue weighted by Crippen LogP contribution is -2.49. The first-order valence-corrected chi connectivity index (χ1v) is 11.3. The van der Waals surface area contributed by atoms with Crippen LogP contribution in [0.15, 0.2) is 65.5 Å². The number of carbonyl (C=O) groups excluding carboxylic acids is 3. The number of carbonyl (C=O) groups is 3. The Morgan fingerprint density at radius 2 is 1.60 bits per heavy atom. The van der Waals surface area contributed by atoms with E-state index in [0.29, 0.717) is 0 Å². The molecule has 2 aromatic rings. The second kappa shape index (κ2) is 13.1. The van der Waals surface area contributed by atoms with Gasteiger partial charge < -0.3 is 25.0 Å². The van der Waals surface area contributed by atoms with E-state index >= 15 is 0 Å². The molecule has 1 atom stereocenters. The van der Waals surface area contributed by atoms with E-state index in [1.54, 1.807) is 49.9 Å². The monoisotopic (exact) mass is 483 g/mol. The molecule has 2 N–H and O–H groups in total. The minimum atomic E-state index is -0.893. The van der Waals surface area contributed by atoms with E-state index < -0.39 is 29.6 Å². The number of alkyl carbamates (subject to hydrolysis) is 1. The number of benzene rings is 1. The van der Waals surface area contributed by atoms with Crippen LogP contribution in [0.4, 0.5) is 10.5 Å². The smallest absolute Gasteiger partial charge is 0.407 e. The van der Waals surface area contributed by atoms with Crippen molar-refractivity contribution < 1.29 is 23.9 Å². The molecule has 0 aliphatic rings. The summed E-state index contributed by atoms with van der Waals surface area (Å²) in [5.74, 6) is -1.05. The Bertz CT molecular complexity index is 1050. The Hall–Kier alpha value is -3.88. The van der Waals surface area contributed by atoms with Gasteiger partial charge >= 0.3 is 12.1 Å². The van der Waals surface area contributed by atoms with Gasteiger partial charge in [0.2, 0.25) is 11.3 Å². The zero-order valence-electron chi connectivity index (χ0n) is 20.6. The van der Waals surface area contributed by atoms with Gasteiger partial charge in [0, 0.05) is 19.5 Å². The molecule has 0 unspecified atom stereocenters. The molecule has 0 fully saturated rings. The van der Waals surface area contributed by atoms with Crippen molar-refractivity contribution in [3.63, 3.8) is 0 Å². The molecule has 0 aliphatic carbocycles. The Labute approximate surface area is 205 Å². The van der Waals surface area contributed by atoms with Gasteiger partial charge in [0.25, 0.3) is 0 Å². The third-order valence-electron chi connectivity index (χ3n) is 4.81. The zero-order chi connectivity index (χ0) is 25.8. The number of anilines is 1. The van der Waals surface area contributed by atoms with E-state index in [9.17, 15) is 19.2 Å². The molecule has 0 aliphatic heterocycles. The SMILES string of the molecule is COC(=O)[C@H](Cc1ccccc1)NC(=O)CN(CCNC(=O)OC(C)(C)C)c1cccccc1=O. The highest BCUT2D eigenvalue weighted by atomic mass is 16.6. The van der Waals surface area contributed by atoms with Gasteiger partial charge in [-0.05, 0) is 38.5 Å². The van der Waals surface area contributed by atoms with Crippen LogP contribution < -0.4 is 21.0 Å². The topological polar surface area (TPSA) is 114 Å². The molecule has 0 spiro atoms. The maximum Gasteiger partial charge on any atom is 0.407 e. The zero-order valence-corrected chi connectivity index (χ0v) is 20.6. The van der Waals surface area contributed by atoms with Crippen molar-refractivity contribution in [2.75, 3.05) is 31.6 Å². The van der Waals surface area contributed by atoms with Gasteiger partial charge in [0.1, 0.15) is 11.6 Å². The standard InChI is InChI=1S/C26H33N3O6/c1-26(2,3)35-25(33)27-15-16-29(21-13-9-6-10-14-22(21)30)18-23(31)28-20(24(32)34-4)17-19-11-7-5-8-12-19/h5-14,20H,15-18H2,1-4H3,(H,27,33)(H,28,31)/t20-/m0/s1. The Morgan fingerprint density at radius 3 is 2.23 bits per heavy atom. The maximum atomic E-state index is 12.9. The molecule has 2 aromatic carbocycles. The number of nitrogens with one attached hydrogen (secondary N) is 2. The van der Waals surface area contributed by atoms with Crippen LogP contribution in [0.1, 0.15) is 26.3 Å². The van der Waals surface area contributed by atoms with Crippen molar-refractivity contribution in [2.45, 2.75) is 38.8 Å². The Morgan fingerprint density at radius 1 is 0.971 bits per heavy atom. The number of ether oxygens (including phenoxy) is 2. The predicted octanol–water partition coefficient (Wildman–Crippen LogP) is 2.28. The summed E-state index contributed by atoms with van der Waals surface area (Å²) >= 11 is 0. The molecule has 35 heavy (non-hydrogen) atoms. The second-order valence-electron chi connectivity index (χ2n) is 8.84. The lowest BCUT2D eigenvalue weighted by Gasteiger charge is -2.25. The summed E-state index contributed by atoms with van der Waals surface area (Å²) in [6, 6.07) is 16.4. The summed E-state index contributed by atoms with van der Waals surface area (Å²) in [4.78, 5) is 51.4. The van der Waals surface area contributed by atoms with Gasteiger partial charge in [0.15, 0.2) is 0 Å². The molecular formula is C26H33N3O6. The third-order valence-corrected chi connectivity index (χ3v) is 4.81. The van der Waals surface area contributed by atoms with E-state index in [0.717, 1.165) is 5.56 Å². The molecule has 2 rings (SSSR count). The number of nitrogens with zero attached hydrogens (tertiary/aromatic N) is 1. The number of rotatable bonds is 10. The number of amides is 2. The molecule has 0 aromatic heterocycles. The van der Waals surface area contributed by atoms with Crippen LogP contribution in [0, 0.1) is 0 Å². The van der Waals surface area contributed by atoms with Crippen LogP contribution >= 0.6 is 0 Å². The summed E-state index contributed by atoms with van der Waals surface area (Å²) < 4.78 is 10.1. The fourth-order valence-electron chi connectivity index (χ4n) is 3.27. The summed E-state index contributed by atoms with van der Waals surface area (Å²) in [6.45, 7) is 5.34. The van der Waals surface area contributed by atoms with Crippen molar-refractivity contribution >= 4 is 23.7 Å². The molecular weight excluding hydrogens is 450 g/mol. The molecule has 0 saturated carbocycles. The molecule has 188 valence electrons. The quantitative estimate of drug-likeness (QED) is 0.499. The van der Waals surface area contributed by atoms with Crippen LogP contribution in [0.25, 0.3) is 0 Å². The number of methoxy groups -OCH3 is 1. The van der Waals surface area contributed by atoms with Crippen LogP contribution in [0.3, 0.4) is 0 Å². The highest BCUT2D eigenvalue weighted by Crippen LogP contribution is 2.09. The average molecular weight is 484 g/mol. The Balaban J connectivity index is 2.14. The maximum absolute atomic E-state index is 12.9. The van der Waals surface area contributed by atoms with Gasteiger partial charge in [-0.3, -0.25) is 9.59 Å². The summed E-state index contributed by atoms with van der Waals surface area (Å²) in [5, 5.41) is 5.33. The minimum Gasteiger partial charge on any atom is -0.467 e. The van der Waals surface area contributed by atoms with Crippen LogP contribution in [0.5, 0.6) is 0 Å². The van der Waals surface area contributed by atoms with E-state index in [2.05, 4.69) is 10.6 Å². The summed E-state index contributed by atoms with van der Waals surface area (Å²) in [6.07, 6.45) is -0.344. The van der Waals surface area contributed by atoms with E-state index in [1.165, 1.54) is 13.2 Å². The largest absolute Gasteiger partial charge is 0.467 e. The van der Waals surface area contributed by atoms with Crippen molar-refractivity contribution in [3.05, 3.63) is 76.5 Å². The predicted molar refractivity (Wildman–Crippen MR) is 133 cm³/mol. The van der Waals surface area contributed by atoms with Gasteiger partial charge in [-0.25, -0.2) is 9.59 Å². The van der Waals surface area contributed by atoms with Crippen molar-refractivity contribution in [1.29, 1.82) is 0 Å². The van der Waals surface area contributed by atoms with Crippen LogP contribution in [0.2, 0.25) is 0 Å². The first kappa shape index (κ1) is 27.4. The molecule has 0 saturated heterocycles.